The molecule has 0 aliphatic carbocycles. The third-order valence-corrected chi connectivity index (χ3v) is 5.19. The van der Waals surface area contributed by atoms with Crippen molar-refractivity contribution in [1.82, 2.24) is 14.8 Å². The number of carbonyl (C=O) groups excluding carboxylic acids is 2. The fraction of sp³-hybridized carbons (Fsp3) is 0.450. The Balaban J connectivity index is 2.28. The zero-order chi connectivity index (χ0) is 21.6. The minimum atomic E-state index is -0.487. The number of aromatic nitrogens is 1. The van der Waals surface area contributed by atoms with Crippen LogP contribution in [0.2, 0.25) is 0 Å². The standard InChI is InChI=1S/C20H28N4O4S/c1-13-12-24(14(2)18(25)21-9-10-23(3)4)20(29-13)22-19(26)15-7-8-16(27-5)17(11-15)28-6/h7-8,11-12,14H,9-10H2,1-6H3,(H,21,25)/t14-/m0/s1. The van der Waals surface area contributed by atoms with Gasteiger partial charge in [0, 0.05) is 29.7 Å². The van der Waals surface area contributed by atoms with Gasteiger partial charge in [-0.25, -0.2) is 0 Å². The maximum Gasteiger partial charge on any atom is 0.279 e. The Morgan fingerprint density at radius 2 is 1.93 bits per heavy atom. The molecule has 1 heterocycles. The molecule has 0 fully saturated rings. The predicted molar refractivity (Wildman–Crippen MR) is 113 cm³/mol. The van der Waals surface area contributed by atoms with Crippen LogP contribution in [0, 0.1) is 6.92 Å². The average molecular weight is 421 g/mol. The van der Waals surface area contributed by atoms with E-state index in [-0.39, 0.29) is 5.91 Å². The third-order valence-electron chi connectivity index (χ3n) is 4.28. The largest absolute Gasteiger partial charge is 0.493 e. The maximum absolute atomic E-state index is 12.7. The second kappa shape index (κ2) is 10.2. The van der Waals surface area contributed by atoms with Crippen LogP contribution in [0.25, 0.3) is 0 Å². The molecule has 2 aromatic rings. The van der Waals surface area contributed by atoms with Crippen LogP contribution >= 0.6 is 11.3 Å². The highest BCUT2D eigenvalue weighted by Gasteiger charge is 2.17. The van der Waals surface area contributed by atoms with Crippen molar-refractivity contribution in [2.45, 2.75) is 19.9 Å². The van der Waals surface area contributed by atoms with Crippen LogP contribution in [0.1, 0.15) is 28.2 Å². The highest BCUT2D eigenvalue weighted by atomic mass is 32.1. The van der Waals surface area contributed by atoms with Crippen molar-refractivity contribution in [3.63, 3.8) is 0 Å². The summed E-state index contributed by atoms with van der Waals surface area (Å²) in [5.41, 5.74) is 0.378. The molecule has 0 radical (unpaired) electrons. The maximum atomic E-state index is 12.7. The van der Waals surface area contributed by atoms with Gasteiger partial charge in [-0.2, -0.15) is 4.99 Å². The van der Waals surface area contributed by atoms with Crippen LogP contribution < -0.4 is 19.6 Å². The van der Waals surface area contributed by atoms with Gasteiger partial charge < -0.3 is 24.3 Å². The summed E-state index contributed by atoms with van der Waals surface area (Å²) in [7, 11) is 6.94. The minimum absolute atomic E-state index is 0.121. The Kier molecular flexibility index (Phi) is 7.98. The van der Waals surface area contributed by atoms with Crippen LogP contribution in [-0.4, -0.2) is 62.7 Å². The van der Waals surface area contributed by atoms with E-state index in [0.29, 0.717) is 28.4 Å². The number of ether oxygens (including phenoxy) is 2. The summed E-state index contributed by atoms with van der Waals surface area (Å²) in [5, 5.41) is 2.91. The number of thiazole rings is 1. The van der Waals surface area contributed by atoms with Crippen molar-refractivity contribution in [2.24, 2.45) is 4.99 Å². The van der Waals surface area contributed by atoms with Gasteiger partial charge in [-0.1, -0.05) is 0 Å². The Morgan fingerprint density at radius 3 is 2.55 bits per heavy atom. The molecule has 1 aromatic heterocycles. The van der Waals surface area contributed by atoms with E-state index < -0.39 is 11.9 Å². The number of methoxy groups -OCH3 is 2. The topological polar surface area (TPSA) is 85.2 Å². The van der Waals surface area contributed by atoms with Gasteiger partial charge in [-0.3, -0.25) is 9.59 Å². The van der Waals surface area contributed by atoms with E-state index in [1.807, 2.05) is 32.1 Å². The number of nitrogens with zero attached hydrogens (tertiary/aromatic N) is 3. The molecule has 1 atom stereocenters. The van der Waals surface area contributed by atoms with Gasteiger partial charge in [0.15, 0.2) is 16.3 Å². The van der Waals surface area contributed by atoms with Crippen LogP contribution in [0.15, 0.2) is 29.4 Å². The van der Waals surface area contributed by atoms with E-state index in [1.165, 1.54) is 25.6 Å². The number of aryl methyl sites for hydroxylation is 1. The number of amides is 2. The second-order valence-corrected chi connectivity index (χ2v) is 8.00. The van der Waals surface area contributed by atoms with E-state index >= 15 is 0 Å². The fourth-order valence-corrected chi connectivity index (χ4v) is 3.53. The first-order chi connectivity index (χ1) is 13.8. The summed E-state index contributed by atoms with van der Waals surface area (Å²) < 4.78 is 12.2. The molecule has 9 heteroatoms. The van der Waals surface area contributed by atoms with Gasteiger partial charge in [0.1, 0.15) is 6.04 Å². The van der Waals surface area contributed by atoms with E-state index in [2.05, 4.69) is 10.3 Å². The SMILES string of the molecule is COc1ccc(C(=O)N=c2sc(C)cn2[C@@H](C)C(=O)NCCN(C)C)cc1OC. The summed E-state index contributed by atoms with van der Waals surface area (Å²) in [4.78, 5) is 32.9. The highest BCUT2D eigenvalue weighted by Crippen LogP contribution is 2.27. The molecule has 0 aliphatic rings. The zero-order valence-electron chi connectivity index (χ0n) is 17.7. The number of hydrogen-bond donors (Lipinski definition) is 1. The lowest BCUT2D eigenvalue weighted by molar-refractivity contribution is -0.123. The summed E-state index contributed by atoms with van der Waals surface area (Å²) in [6, 6.07) is 4.40. The van der Waals surface area contributed by atoms with Gasteiger partial charge >= 0.3 is 0 Å². The Morgan fingerprint density at radius 1 is 1.24 bits per heavy atom. The summed E-state index contributed by atoms with van der Waals surface area (Å²) in [6.45, 7) is 5.01. The van der Waals surface area contributed by atoms with Crippen LogP contribution in [0.4, 0.5) is 0 Å². The molecular formula is C20H28N4O4S. The second-order valence-electron chi connectivity index (χ2n) is 6.79. The number of benzene rings is 1. The van der Waals surface area contributed by atoms with Crippen molar-refractivity contribution in [2.75, 3.05) is 41.4 Å². The van der Waals surface area contributed by atoms with Gasteiger partial charge in [0.2, 0.25) is 5.91 Å². The number of hydrogen-bond acceptors (Lipinski definition) is 6. The van der Waals surface area contributed by atoms with Crippen LogP contribution in [0.5, 0.6) is 11.5 Å². The van der Waals surface area contributed by atoms with Crippen molar-refractivity contribution in [1.29, 1.82) is 0 Å². The average Bonchev–Trinajstić information content (AvgIpc) is 3.06. The first-order valence-electron chi connectivity index (χ1n) is 9.19. The normalized spacial score (nSPS) is 12.7. The Labute approximate surface area is 174 Å². The molecule has 2 amide bonds. The van der Waals surface area contributed by atoms with Crippen LogP contribution in [-0.2, 0) is 4.79 Å². The number of nitrogens with one attached hydrogen (secondary N) is 1. The lowest BCUT2D eigenvalue weighted by Gasteiger charge is -2.15. The van der Waals surface area contributed by atoms with E-state index in [9.17, 15) is 9.59 Å². The van der Waals surface area contributed by atoms with Gasteiger partial charge in [0.05, 0.1) is 14.2 Å². The molecule has 0 saturated heterocycles. The molecule has 158 valence electrons. The monoisotopic (exact) mass is 420 g/mol. The Bertz CT molecular complexity index is 933. The summed E-state index contributed by atoms with van der Waals surface area (Å²) in [5.74, 6) is 0.456. The summed E-state index contributed by atoms with van der Waals surface area (Å²) >= 11 is 1.36. The molecule has 8 nitrogen and oxygen atoms in total. The molecule has 0 bridgehead atoms. The fourth-order valence-electron chi connectivity index (χ4n) is 2.63. The smallest absolute Gasteiger partial charge is 0.279 e. The van der Waals surface area contributed by atoms with Gasteiger partial charge in [0.25, 0.3) is 5.91 Å². The molecule has 0 spiro atoms. The van der Waals surface area contributed by atoms with Crippen LogP contribution in [0.3, 0.4) is 0 Å². The van der Waals surface area contributed by atoms with Crippen molar-refractivity contribution in [3.05, 3.63) is 39.6 Å². The quantitative estimate of drug-likeness (QED) is 0.705. The third kappa shape index (κ3) is 5.91. The molecule has 1 aromatic carbocycles. The van der Waals surface area contributed by atoms with E-state index in [1.54, 1.807) is 29.7 Å². The molecule has 2 rings (SSSR count). The number of carbonyl (C=O) groups is 2. The molecule has 1 N–H and O–H groups in total. The van der Waals surface area contributed by atoms with Crippen molar-refractivity contribution in [3.8, 4) is 11.5 Å². The van der Waals surface area contributed by atoms with Gasteiger partial charge in [-0.15, -0.1) is 11.3 Å². The predicted octanol–water partition coefficient (Wildman–Crippen LogP) is 1.86. The van der Waals surface area contributed by atoms with E-state index in [0.717, 1.165) is 11.4 Å². The van der Waals surface area contributed by atoms with Crippen molar-refractivity contribution < 1.29 is 19.1 Å². The molecule has 0 aliphatic heterocycles. The van der Waals surface area contributed by atoms with Crippen molar-refractivity contribution >= 4 is 23.2 Å². The van der Waals surface area contributed by atoms with Gasteiger partial charge in [-0.05, 0) is 46.1 Å². The molecule has 29 heavy (non-hydrogen) atoms. The molecule has 0 saturated carbocycles. The lowest BCUT2D eigenvalue weighted by atomic mass is 10.2. The zero-order valence-corrected chi connectivity index (χ0v) is 18.5. The molecule has 0 unspecified atom stereocenters. The number of rotatable bonds is 8. The summed E-state index contributed by atoms with van der Waals surface area (Å²) in [6.07, 6.45) is 1.83. The Hall–Kier alpha value is -2.65. The molecular weight excluding hydrogens is 392 g/mol. The first kappa shape index (κ1) is 22.6. The first-order valence-corrected chi connectivity index (χ1v) is 10.0. The lowest BCUT2D eigenvalue weighted by Crippen LogP contribution is -2.37. The highest BCUT2D eigenvalue weighted by molar-refractivity contribution is 7.09. The van der Waals surface area contributed by atoms with E-state index in [4.69, 9.17) is 9.47 Å². The number of likely N-dealkylation sites (N-methyl/N-ethyl adjacent to an activating group) is 1. The minimum Gasteiger partial charge on any atom is -0.493 e.